The molecule has 1 aliphatic heterocycles. The molecule has 0 aromatic carbocycles. The lowest BCUT2D eigenvalue weighted by Gasteiger charge is -2.13. The number of nitrogens with one attached hydrogen (secondary N) is 1. The van der Waals surface area contributed by atoms with Crippen LogP contribution in [0.1, 0.15) is 31.2 Å². The fourth-order valence-corrected chi connectivity index (χ4v) is 2.41. The maximum atomic E-state index is 12.3. The van der Waals surface area contributed by atoms with Crippen LogP contribution in [0.3, 0.4) is 0 Å². The predicted molar refractivity (Wildman–Crippen MR) is 69.5 cm³/mol. The number of pyridine rings is 1. The van der Waals surface area contributed by atoms with Crippen LogP contribution in [0.15, 0.2) is 23.1 Å². The summed E-state index contributed by atoms with van der Waals surface area (Å²) >= 11 is 0. The number of ether oxygens (including phenoxy) is 1. The Morgan fingerprint density at radius 3 is 3.00 bits per heavy atom. The largest absolute Gasteiger partial charge is 0.376 e. The first-order valence-corrected chi connectivity index (χ1v) is 6.86. The molecule has 1 aromatic heterocycles. The molecule has 1 atom stereocenters. The number of rotatable bonds is 5. The molecule has 3 rings (SSSR count). The number of hydrogen-bond acceptors (Lipinski definition) is 3. The second-order valence-corrected chi connectivity index (χ2v) is 5.28. The second kappa shape index (κ2) is 5.24. The van der Waals surface area contributed by atoms with E-state index in [-0.39, 0.29) is 11.7 Å². The fourth-order valence-electron chi connectivity index (χ4n) is 2.41. The van der Waals surface area contributed by atoms with Gasteiger partial charge >= 0.3 is 0 Å². The van der Waals surface area contributed by atoms with Gasteiger partial charge in [-0.3, -0.25) is 4.79 Å². The third-order valence-electron chi connectivity index (χ3n) is 3.68. The Balaban J connectivity index is 1.68. The summed E-state index contributed by atoms with van der Waals surface area (Å²) in [6.07, 6.45) is 6.76. The van der Waals surface area contributed by atoms with Gasteiger partial charge in [-0.15, -0.1) is 0 Å². The van der Waals surface area contributed by atoms with E-state index in [0.29, 0.717) is 19.1 Å². The summed E-state index contributed by atoms with van der Waals surface area (Å²) in [6, 6.07) is 4.51. The summed E-state index contributed by atoms with van der Waals surface area (Å²) in [4.78, 5) is 12.3. The normalized spacial score (nSPS) is 23.4. The van der Waals surface area contributed by atoms with Gasteiger partial charge in [0.15, 0.2) is 0 Å². The molecule has 98 valence electrons. The molecule has 4 heteroatoms. The molecule has 1 saturated heterocycles. The zero-order chi connectivity index (χ0) is 12.4. The first-order valence-electron chi connectivity index (χ1n) is 6.86. The Kier molecular flexibility index (Phi) is 3.48. The highest BCUT2D eigenvalue weighted by Crippen LogP contribution is 2.19. The Bertz CT molecular complexity index is 459. The van der Waals surface area contributed by atoms with Crippen LogP contribution in [0.5, 0.6) is 0 Å². The van der Waals surface area contributed by atoms with Gasteiger partial charge in [0, 0.05) is 31.0 Å². The van der Waals surface area contributed by atoms with E-state index in [2.05, 4.69) is 5.32 Å². The summed E-state index contributed by atoms with van der Waals surface area (Å²) in [5.41, 5.74) is 0.989. The Morgan fingerprint density at radius 2 is 2.28 bits per heavy atom. The molecule has 4 nitrogen and oxygen atoms in total. The van der Waals surface area contributed by atoms with E-state index in [1.807, 2.05) is 18.3 Å². The molecule has 0 spiro atoms. The topological polar surface area (TPSA) is 43.3 Å². The molecule has 1 saturated carbocycles. The maximum Gasteiger partial charge on any atom is 0.255 e. The molecule has 2 aliphatic rings. The quantitative estimate of drug-likeness (QED) is 0.853. The molecule has 0 bridgehead atoms. The highest BCUT2D eigenvalue weighted by Gasteiger charge is 2.21. The van der Waals surface area contributed by atoms with Crippen LogP contribution < -0.4 is 10.9 Å². The monoisotopic (exact) mass is 248 g/mol. The summed E-state index contributed by atoms with van der Waals surface area (Å²) in [7, 11) is 0. The van der Waals surface area contributed by atoms with E-state index in [1.54, 1.807) is 4.57 Å². The van der Waals surface area contributed by atoms with Gasteiger partial charge in [0.25, 0.3) is 5.56 Å². The van der Waals surface area contributed by atoms with Crippen LogP contribution in [0.4, 0.5) is 0 Å². The molecule has 2 fully saturated rings. The first kappa shape index (κ1) is 11.9. The van der Waals surface area contributed by atoms with Gasteiger partial charge in [-0.2, -0.15) is 0 Å². The molecule has 0 amide bonds. The average Bonchev–Trinajstić information content (AvgIpc) is 3.07. The molecule has 18 heavy (non-hydrogen) atoms. The Hall–Kier alpha value is -1.13. The van der Waals surface area contributed by atoms with Crippen LogP contribution in [-0.2, 0) is 17.8 Å². The van der Waals surface area contributed by atoms with E-state index < -0.39 is 0 Å². The van der Waals surface area contributed by atoms with Crippen molar-refractivity contribution in [2.75, 3.05) is 6.61 Å². The fraction of sp³-hybridized carbons (Fsp3) is 0.643. The van der Waals surface area contributed by atoms with Crippen LogP contribution >= 0.6 is 0 Å². The van der Waals surface area contributed by atoms with Crippen LogP contribution in [0.2, 0.25) is 0 Å². The molecule has 1 aliphatic carbocycles. The van der Waals surface area contributed by atoms with Gasteiger partial charge < -0.3 is 14.6 Å². The van der Waals surface area contributed by atoms with Crippen molar-refractivity contribution in [1.82, 2.24) is 9.88 Å². The van der Waals surface area contributed by atoms with Gasteiger partial charge in [0.05, 0.1) is 12.6 Å². The van der Waals surface area contributed by atoms with Gasteiger partial charge in [-0.05, 0) is 31.7 Å². The summed E-state index contributed by atoms with van der Waals surface area (Å²) < 4.78 is 7.38. The van der Waals surface area contributed by atoms with E-state index in [4.69, 9.17) is 4.74 Å². The number of nitrogens with zero attached hydrogens (tertiary/aromatic N) is 1. The zero-order valence-corrected chi connectivity index (χ0v) is 10.6. The highest BCUT2D eigenvalue weighted by atomic mass is 16.5. The van der Waals surface area contributed by atoms with Crippen molar-refractivity contribution >= 4 is 0 Å². The minimum absolute atomic E-state index is 0.126. The molecule has 1 aromatic rings. The zero-order valence-electron chi connectivity index (χ0n) is 10.6. The smallest absolute Gasteiger partial charge is 0.255 e. The number of hydrogen-bond donors (Lipinski definition) is 1. The van der Waals surface area contributed by atoms with Crippen molar-refractivity contribution < 1.29 is 4.74 Å². The van der Waals surface area contributed by atoms with Gasteiger partial charge in [0.2, 0.25) is 0 Å². The summed E-state index contributed by atoms with van der Waals surface area (Å²) in [5, 5.41) is 3.39. The van der Waals surface area contributed by atoms with Crippen molar-refractivity contribution in [2.45, 2.75) is 50.9 Å². The van der Waals surface area contributed by atoms with Crippen LogP contribution in [-0.4, -0.2) is 23.3 Å². The molecule has 1 unspecified atom stereocenters. The highest BCUT2D eigenvalue weighted by molar-refractivity contribution is 5.11. The Labute approximate surface area is 107 Å². The number of aromatic nitrogens is 1. The average molecular weight is 248 g/mol. The van der Waals surface area contributed by atoms with E-state index in [1.165, 1.54) is 12.8 Å². The van der Waals surface area contributed by atoms with Crippen molar-refractivity contribution in [2.24, 2.45) is 0 Å². The molecule has 0 radical (unpaired) electrons. The lowest BCUT2D eigenvalue weighted by atomic mass is 10.2. The molecule has 2 heterocycles. The SMILES string of the molecule is O=c1c(CNC2CC2)cccn1CC1CCCO1. The lowest BCUT2D eigenvalue weighted by molar-refractivity contribution is 0.0961. The van der Waals surface area contributed by atoms with Crippen molar-refractivity contribution in [1.29, 1.82) is 0 Å². The van der Waals surface area contributed by atoms with Crippen LogP contribution in [0, 0.1) is 0 Å². The van der Waals surface area contributed by atoms with Gasteiger partial charge in [-0.1, -0.05) is 6.07 Å². The summed E-state index contributed by atoms with van der Waals surface area (Å²) in [6.45, 7) is 2.22. The van der Waals surface area contributed by atoms with Crippen molar-refractivity contribution in [3.05, 3.63) is 34.2 Å². The van der Waals surface area contributed by atoms with Crippen molar-refractivity contribution in [3.63, 3.8) is 0 Å². The van der Waals surface area contributed by atoms with Crippen LogP contribution in [0.25, 0.3) is 0 Å². The Morgan fingerprint density at radius 1 is 1.39 bits per heavy atom. The molecular weight excluding hydrogens is 228 g/mol. The van der Waals surface area contributed by atoms with Crippen molar-refractivity contribution in [3.8, 4) is 0 Å². The minimum atomic E-state index is 0.126. The maximum absolute atomic E-state index is 12.3. The summed E-state index contributed by atoms with van der Waals surface area (Å²) in [5.74, 6) is 0. The standard InChI is InChI=1S/C14H20N2O2/c17-14-11(9-15-12-5-6-12)3-1-7-16(14)10-13-4-2-8-18-13/h1,3,7,12-13,15H,2,4-6,8-10H2. The molecular formula is C14H20N2O2. The van der Waals surface area contributed by atoms with Gasteiger partial charge in [-0.25, -0.2) is 0 Å². The second-order valence-electron chi connectivity index (χ2n) is 5.28. The van der Waals surface area contributed by atoms with E-state index >= 15 is 0 Å². The predicted octanol–water partition coefficient (Wildman–Crippen LogP) is 1.28. The molecule has 1 N–H and O–H groups in total. The van der Waals surface area contributed by atoms with Gasteiger partial charge in [0.1, 0.15) is 0 Å². The third kappa shape index (κ3) is 2.82. The lowest BCUT2D eigenvalue weighted by Crippen LogP contribution is -2.30. The van der Waals surface area contributed by atoms with E-state index in [9.17, 15) is 4.79 Å². The first-order chi connectivity index (χ1) is 8.83. The minimum Gasteiger partial charge on any atom is -0.376 e. The van der Waals surface area contributed by atoms with E-state index in [0.717, 1.165) is 25.0 Å². The third-order valence-corrected chi connectivity index (χ3v) is 3.68.